The van der Waals surface area contributed by atoms with Crippen molar-refractivity contribution in [2.75, 3.05) is 39.6 Å². The van der Waals surface area contributed by atoms with Crippen LogP contribution in [0.3, 0.4) is 0 Å². The van der Waals surface area contributed by atoms with Crippen LogP contribution in [0.4, 0.5) is 0 Å². The van der Waals surface area contributed by atoms with E-state index in [1.165, 1.54) is 116 Å². The minimum absolute atomic E-state index is 0.0835. The molecular weight excluding hydrogens is 1280 g/mol. The van der Waals surface area contributed by atoms with Crippen LogP contribution in [0, 0.1) is 0 Å². The summed E-state index contributed by atoms with van der Waals surface area (Å²) in [4.78, 5) is 72.9. The van der Waals surface area contributed by atoms with Crippen LogP contribution in [0.15, 0.2) is 72.9 Å². The molecule has 2 unspecified atom stereocenters. The number of hydrogen-bond acceptors (Lipinski definition) is 15. The number of carbonyl (C=O) groups excluding carboxylic acids is 4. The highest BCUT2D eigenvalue weighted by molar-refractivity contribution is 7.47. The lowest BCUT2D eigenvalue weighted by Crippen LogP contribution is -2.30. The van der Waals surface area contributed by atoms with Gasteiger partial charge in [0.15, 0.2) is 12.2 Å². The van der Waals surface area contributed by atoms with E-state index in [1.54, 1.807) is 0 Å². The van der Waals surface area contributed by atoms with Gasteiger partial charge in [0.1, 0.15) is 19.3 Å². The first-order valence-electron chi connectivity index (χ1n) is 39.2. The lowest BCUT2D eigenvalue weighted by atomic mass is 10.1. The summed E-state index contributed by atoms with van der Waals surface area (Å²) in [6.45, 7) is 4.80. The molecule has 5 atom stereocenters. The fraction of sp³-hybridized carbons (Fsp3) is 0.797. The maximum Gasteiger partial charge on any atom is 0.472 e. The molecule has 3 N–H and O–H groups in total. The van der Waals surface area contributed by atoms with Crippen molar-refractivity contribution in [2.24, 2.45) is 0 Å². The monoisotopic (exact) mass is 1420 g/mol. The van der Waals surface area contributed by atoms with Crippen LogP contribution in [0.1, 0.15) is 349 Å². The van der Waals surface area contributed by atoms with Gasteiger partial charge >= 0.3 is 39.5 Å². The van der Waals surface area contributed by atoms with E-state index in [-0.39, 0.29) is 25.7 Å². The van der Waals surface area contributed by atoms with Crippen LogP contribution < -0.4 is 0 Å². The maximum absolute atomic E-state index is 13.1. The summed E-state index contributed by atoms with van der Waals surface area (Å²) < 4.78 is 68.5. The number of ether oxygens (including phenoxy) is 4. The van der Waals surface area contributed by atoms with Crippen molar-refractivity contribution in [3.05, 3.63) is 72.9 Å². The predicted molar refractivity (Wildman–Crippen MR) is 400 cm³/mol. The molecule has 0 spiro atoms. The van der Waals surface area contributed by atoms with Crippen LogP contribution in [-0.2, 0) is 65.4 Å². The van der Waals surface area contributed by atoms with E-state index in [0.29, 0.717) is 25.7 Å². The van der Waals surface area contributed by atoms with Crippen LogP contribution in [-0.4, -0.2) is 96.7 Å². The smallest absolute Gasteiger partial charge is 0.462 e. The Hall–Kier alpha value is -3.50. The van der Waals surface area contributed by atoms with Crippen molar-refractivity contribution >= 4 is 39.5 Å². The molecule has 0 aliphatic rings. The molecule has 17 nitrogen and oxygen atoms in total. The van der Waals surface area contributed by atoms with E-state index in [1.807, 2.05) is 0 Å². The number of allylic oxidation sites excluding steroid dienone is 12. The number of carbonyl (C=O) groups is 4. The molecule has 0 saturated heterocycles. The maximum atomic E-state index is 13.1. The normalized spacial score (nSPS) is 14.3. The molecule has 0 aliphatic heterocycles. The quantitative estimate of drug-likeness (QED) is 0.0128. The minimum Gasteiger partial charge on any atom is -0.462 e. The summed E-state index contributed by atoms with van der Waals surface area (Å²) in [6, 6.07) is 0. The van der Waals surface area contributed by atoms with Crippen LogP contribution in [0.2, 0.25) is 0 Å². The molecule has 0 aromatic heterocycles. The molecular formula is C79H142O17P2. The zero-order valence-corrected chi connectivity index (χ0v) is 64.0. The molecule has 0 bridgehead atoms. The van der Waals surface area contributed by atoms with Crippen molar-refractivity contribution < 1.29 is 80.2 Å². The van der Waals surface area contributed by atoms with Gasteiger partial charge in [-0.15, -0.1) is 0 Å². The standard InChI is InChI=1S/C79H142O17P2/c1-5-9-13-17-21-25-29-33-36-40-43-47-51-55-59-63-76(81)89-69-74(95-78(83)65-61-57-53-49-45-39-32-28-24-20-16-12-8-4)71-93-97(85,86)91-67-73(80)68-92-98(87,88)94-72-75(96-79(84)66-62-58-54-50-46-42-38-35-31-27-23-19-15-11-7-3)70-90-77(82)64-60-56-52-48-44-41-37-34-30-26-22-18-14-10-6-2/h25-26,28-30,32-38,73-75,80H,5-24,27,31,39-72H2,1-4H3,(H,85,86)(H,87,88)/b29-25-,30-26-,32-28-,36-33-,37-34-,38-35-/t73-,74+,75+/m0/s1. The Morgan fingerprint density at radius 1 is 0.286 bits per heavy atom. The Morgan fingerprint density at radius 3 is 0.776 bits per heavy atom. The number of phosphoric ester groups is 2. The van der Waals surface area contributed by atoms with Gasteiger partial charge in [-0.25, -0.2) is 9.13 Å². The second-order valence-electron chi connectivity index (χ2n) is 26.3. The number of aliphatic hydroxyl groups is 1. The summed E-state index contributed by atoms with van der Waals surface area (Å²) in [6.07, 6.45) is 71.6. The number of phosphoric acid groups is 2. The summed E-state index contributed by atoms with van der Waals surface area (Å²) in [5.74, 6) is -2.21. The first kappa shape index (κ1) is 94.5. The van der Waals surface area contributed by atoms with Crippen molar-refractivity contribution in [3.63, 3.8) is 0 Å². The van der Waals surface area contributed by atoms with Crippen molar-refractivity contribution in [3.8, 4) is 0 Å². The second kappa shape index (κ2) is 71.9. The Bertz CT molecular complexity index is 2140. The summed E-state index contributed by atoms with van der Waals surface area (Å²) in [5, 5.41) is 10.6. The molecule has 0 saturated carbocycles. The van der Waals surface area contributed by atoms with Gasteiger partial charge in [-0.05, 0) is 128 Å². The van der Waals surface area contributed by atoms with E-state index in [2.05, 4.69) is 101 Å². The van der Waals surface area contributed by atoms with Crippen molar-refractivity contribution in [2.45, 2.75) is 367 Å². The average Bonchev–Trinajstić information content (AvgIpc) is 0.959. The molecule has 0 fully saturated rings. The van der Waals surface area contributed by atoms with Gasteiger partial charge in [0.2, 0.25) is 0 Å². The van der Waals surface area contributed by atoms with Crippen LogP contribution in [0.5, 0.6) is 0 Å². The summed E-state index contributed by atoms with van der Waals surface area (Å²) >= 11 is 0. The Morgan fingerprint density at radius 2 is 0.500 bits per heavy atom. The van der Waals surface area contributed by atoms with Gasteiger partial charge in [0.05, 0.1) is 26.4 Å². The van der Waals surface area contributed by atoms with E-state index in [4.69, 9.17) is 37.0 Å². The van der Waals surface area contributed by atoms with Gasteiger partial charge in [0.25, 0.3) is 0 Å². The zero-order valence-electron chi connectivity index (χ0n) is 62.2. The van der Waals surface area contributed by atoms with E-state index in [9.17, 15) is 43.2 Å². The molecule has 0 aliphatic carbocycles. The molecule has 98 heavy (non-hydrogen) atoms. The van der Waals surface area contributed by atoms with Gasteiger partial charge in [-0.2, -0.15) is 0 Å². The SMILES string of the molecule is CCCCCC/C=C\C=C/CCCCCCCC(=O)OC[C@H](COP(=O)(O)OC[C@H](O)COP(=O)(O)OC[C@@H](COC(=O)CCCCCCC/C=C\C=C/CCCCCC)OC(=O)CCCCCCC/C=C\CCCCCCCC)OC(=O)CCCCCCC/C=C\CCCCCC. The number of unbranched alkanes of at least 4 members (excludes halogenated alkanes) is 38. The molecule has 0 amide bonds. The molecule has 0 heterocycles. The molecule has 0 aromatic rings. The largest absolute Gasteiger partial charge is 0.472 e. The van der Waals surface area contributed by atoms with Gasteiger partial charge in [0, 0.05) is 25.7 Å². The number of rotatable bonds is 74. The molecule has 0 radical (unpaired) electrons. The molecule has 0 aromatic carbocycles. The van der Waals surface area contributed by atoms with Crippen LogP contribution in [0.25, 0.3) is 0 Å². The van der Waals surface area contributed by atoms with Crippen molar-refractivity contribution in [1.29, 1.82) is 0 Å². The summed E-state index contributed by atoms with van der Waals surface area (Å²) in [7, 11) is -9.95. The highest BCUT2D eigenvalue weighted by atomic mass is 31.2. The minimum atomic E-state index is -4.98. The Kier molecular flexibility index (Phi) is 69.3. The van der Waals surface area contributed by atoms with E-state index in [0.717, 1.165) is 154 Å². The highest BCUT2D eigenvalue weighted by Crippen LogP contribution is 2.45. The fourth-order valence-electron chi connectivity index (χ4n) is 10.6. The topological polar surface area (TPSA) is 237 Å². The molecule has 19 heteroatoms. The number of esters is 4. The van der Waals surface area contributed by atoms with E-state index < -0.39 is 97.5 Å². The molecule has 570 valence electrons. The summed E-state index contributed by atoms with van der Waals surface area (Å²) in [5.41, 5.74) is 0. The van der Waals surface area contributed by atoms with Gasteiger partial charge in [-0.3, -0.25) is 37.3 Å². The molecule has 0 rings (SSSR count). The Labute approximate surface area is 596 Å². The average molecular weight is 1430 g/mol. The number of aliphatic hydroxyl groups excluding tert-OH is 1. The number of hydrogen-bond donors (Lipinski definition) is 3. The van der Waals surface area contributed by atoms with Gasteiger partial charge in [-0.1, -0.05) is 268 Å². The fourth-order valence-corrected chi connectivity index (χ4v) is 12.2. The third-order valence-corrected chi connectivity index (χ3v) is 18.6. The first-order valence-corrected chi connectivity index (χ1v) is 42.2. The first-order chi connectivity index (χ1) is 47.7. The Balaban J connectivity index is 5.36. The highest BCUT2D eigenvalue weighted by Gasteiger charge is 2.30. The zero-order chi connectivity index (χ0) is 71.8. The lowest BCUT2D eigenvalue weighted by molar-refractivity contribution is -0.161. The van der Waals surface area contributed by atoms with Gasteiger partial charge < -0.3 is 33.8 Å². The van der Waals surface area contributed by atoms with Crippen molar-refractivity contribution in [1.82, 2.24) is 0 Å². The second-order valence-corrected chi connectivity index (χ2v) is 29.3. The predicted octanol–water partition coefficient (Wildman–Crippen LogP) is 22.4. The van der Waals surface area contributed by atoms with Crippen LogP contribution >= 0.6 is 15.6 Å². The lowest BCUT2D eigenvalue weighted by Gasteiger charge is -2.21. The van der Waals surface area contributed by atoms with E-state index >= 15 is 0 Å². The third kappa shape index (κ3) is 70.9. The third-order valence-electron chi connectivity index (χ3n) is 16.7.